The van der Waals surface area contributed by atoms with Crippen LogP contribution in [-0.2, 0) is 4.79 Å². The molecule has 30 heavy (non-hydrogen) atoms. The lowest BCUT2D eigenvalue weighted by Gasteiger charge is -2.37. The number of fused-ring (bicyclic) bond motifs is 2. The predicted molar refractivity (Wildman–Crippen MR) is 107 cm³/mol. The number of nitriles is 1. The number of rotatable bonds is 3. The van der Waals surface area contributed by atoms with E-state index in [9.17, 15) is 14.9 Å². The number of piperazine rings is 1. The fourth-order valence-electron chi connectivity index (χ4n) is 4.01. The molecule has 1 amide bonds. The number of aromatic nitrogens is 1. The maximum absolute atomic E-state index is 12.6. The van der Waals surface area contributed by atoms with Gasteiger partial charge in [-0.15, -0.1) is 0 Å². The third-order valence-electron chi connectivity index (χ3n) is 5.56. The van der Waals surface area contributed by atoms with Crippen molar-refractivity contribution in [3.05, 3.63) is 41.6 Å². The molecule has 1 saturated heterocycles. The van der Waals surface area contributed by atoms with Gasteiger partial charge in [0, 0.05) is 38.4 Å². The second kappa shape index (κ2) is 7.31. The van der Waals surface area contributed by atoms with Crippen LogP contribution in [0.25, 0.3) is 0 Å². The van der Waals surface area contributed by atoms with Crippen molar-refractivity contribution in [3.8, 4) is 17.6 Å². The van der Waals surface area contributed by atoms with Gasteiger partial charge in [0.2, 0.25) is 0 Å². The number of carbonyl (C=O) groups excluding carboxylic acids is 2. The summed E-state index contributed by atoms with van der Waals surface area (Å²) >= 11 is 0. The van der Waals surface area contributed by atoms with Gasteiger partial charge in [0.25, 0.3) is 5.78 Å². The molecule has 0 unspecified atom stereocenters. The average molecular weight is 405 g/mol. The van der Waals surface area contributed by atoms with E-state index in [-0.39, 0.29) is 0 Å². The van der Waals surface area contributed by atoms with E-state index in [1.807, 2.05) is 0 Å². The Labute approximate surface area is 173 Å². The molecule has 152 valence electrons. The average Bonchev–Trinajstić information content (AvgIpc) is 3.02. The van der Waals surface area contributed by atoms with E-state index in [4.69, 9.17) is 9.47 Å². The van der Waals surface area contributed by atoms with E-state index >= 15 is 0 Å². The lowest BCUT2D eigenvalue weighted by atomic mass is 10.1. The van der Waals surface area contributed by atoms with Crippen LogP contribution in [0.5, 0.6) is 11.5 Å². The van der Waals surface area contributed by atoms with Crippen molar-refractivity contribution in [2.75, 3.05) is 55.9 Å². The van der Waals surface area contributed by atoms with Gasteiger partial charge in [0.15, 0.2) is 11.5 Å². The van der Waals surface area contributed by atoms with Crippen LogP contribution in [0.1, 0.15) is 15.9 Å². The molecule has 1 aromatic heterocycles. The zero-order valence-electron chi connectivity index (χ0n) is 16.2. The lowest BCUT2D eigenvalue weighted by Crippen LogP contribution is -2.51. The van der Waals surface area contributed by atoms with E-state index in [1.54, 1.807) is 30.5 Å². The predicted octanol–water partition coefficient (Wildman–Crippen LogP) is 1.03. The molecule has 2 aromatic rings. The molecule has 9 heteroatoms. The number of hydrogen-bond donors (Lipinski definition) is 0. The van der Waals surface area contributed by atoms with Crippen LogP contribution in [0.3, 0.4) is 0 Å². The molecule has 1 aromatic carbocycles. The van der Waals surface area contributed by atoms with Crippen molar-refractivity contribution >= 4 is 23.2 Å². The first-order chi connectivity index (χ1) is 14.7. The first-order valence-electron chi connectivity index (χ1n) is 9.78. The third kappa shape index (κ3) is 3.02. The molecule has 0 radical (unpaired) electrons. The van der Waals surface area contributed by atoms with Crippen molar-refractivity contribution in [3.63, 3.8) is 0 Å². The highest BCUT2D eigenvalue weighted by atomic mass is 16.6. The molecule has 0 spiro atoms. The van der Waals surface area contributed by atoms with Crippen LogP contribution < -0.4 is 19.3 Å². The number of hydrogen-bond acceptors (Lipinski definition) is 8. The summed E-state index contributed by atoms with van der Waals surface area (Å²) in [5.41, 5.74) is 1.47. The van der Waals surface area contributed by atoms with Crippen LogP contribution in [0, 0.1) is 11.3 Å². The minimum Gasteiger partial charge on any atom is -0.486 e. The zero-order chi connectivity index (χ0) is 20.7. The molecule has 9 nitrogen and oxygen atoms in total. The van der Waals surface area contributed by atoms with E-state index in [2.05, 4.69) is 20.9 Å². The van der Waals surface area contributed by atoms with Crippen LogP contribution in [-0.4, -0.2) is 67.6 Å². The highest BCUT2D eigenvalue weighted by Gasteiger charge is 2.39. The van der Waals surface area contributed by atoms with Crippen molar-refractivity contribution in [1.82, 2.24) is 9.88 Å². The monoisotopic (exact) mass is 405 g/mol. The summed E-state index contributed by atoms with van der Waals surface area (Å²) in [6.07, 6.45) is 1.68. The van der Waals surface area contributed by atoms with Gasteiger partial charge in [-0.2, -0.15) is 5.26 Å². The molecule has 4 heterocycles. The number of ketones is 1. The number of benzene rings is 1. The quantitative estimate of drug-likeness (QED) is 0.699. The third-order valence-corrected chi connectivity index (χ3v) is 5.56. The van der Waals surface area contributed by atoms with Gasteiger partial charge in [0.05, 0.1) is 23.5 Å². The van der Waals surface area contributed by atoms with Gasteiger partial charge in [-0.05, 0) is 18.2 Å². The largest absolute Gasteiger partial charge is 0.486 e. The van der Waals surface area contributed by atoms with Crippen molar-refractivity contribution < 1.29 is 19.1 Å². The van der Waals surface area contributed by atoms with E-state index in [1.165, 1.54) is 4.90 Å². The molecule has 0 atom stereocenters. The van der Waals surface area contributed by atoms with Crippen molar-refractivity contribution in [2.24, 2.45) is 0 Å². The Kier molecular flexibility index (Phi) is 4.48. The summed E-state index contributed by atoms with van der Waals surface area (Å²) in [5, 5.41) is 9.30. The van der Waals surface area contributed by atoms with Gasteiger partial charge < -0.3 is 14.4 Å². The number of anilines is 2. The van der Waals surface area contributed by atoms with Gasteiger partial charge in [0.1, 0.15) is 25.1 Å². The summed E-state index contributed by atoms with van der Waals surface area (Å²) in [7, 11) is 0. The fourth-order valence-corrected chi connectivity index (χ4v) is 4.01. The minimum absolute atomic E-state index is 0.318. The minimum atomic E-state index is -0.536. The van der Waals surface area contributed by atoms with Crippen LogP contribution in [0.15, 0.2) is 30.5 Å². The second-order valence-electron chi connectivity index (χ2n) is 7.31. The first kappa shape index (κ1) is 18.4. The number of Topliss-reactive ketones (excluding diaryl/α,β-unsaturated/α-hetero) is 1. The van der Waals surface area contributed by atoms with Crippen molar-refractivity contribution in [2.45, 2.75) is 0 Å². The summed E-state index contributed by atoms with van der Waals surface area (Å²) in [5.74, 6) is 0.678. The normalized spacial score (nSPS) is 18.4. The smallest absolute Gasteiger partial charge is 0.300 e. The number of ether oxygens (including phenoxy) is 2. The zero-order valence-corrected chi connectivity index (χ0v) is 16.2. The maximum Gasteiger partial charge on any atom is 0.300 e. The molecular weight excluding hydrogens is 386 g/mol. The molecule has 0 saturated carbocycles. The molecular formula is C21H19N5O4. The standard InChI is InChI=1S/C21H19N5O4/c22-12-14-2-1-3-23-20(14)25-6-4-24(5-7-25)13-26-16-11-18-17(29-8-9-30-18)10-15(16)19(27)21(26)28/h1-3,10-11H,4-9,13H2. The van der Waals surface area contributed by atoms with Gasteiger partial charge in [-0.25, -0.2) is 4.98 Å². The summed E-state index contributed by atoms with van der Waals surface area (Å²) in [6, 6.07) is 9.01. The fraction of sp³-hybridized carbons (Fsp3) is 0.333. The molecule has 3 aliphatic heterocycles. The van der Waals surface area contributed by atoms with Gasteiger partial charge in [-0.3, -0.25) is 19.4 Å². The molecule has 3 aliphatic rings. The Morgan fingerprint density at radius 1 is 1.07 bits per heavy atom. The van der Waals surface area contributed by atoms with E-state index in [0.29, 0.717) is 80.2 Å². The first-order valence-corrected chi connectivity index (χ1v) is 9.78. The maximum atomic E-state index is 12.6. The molecule has 1 fully saturated rings. The van der Waals surface area contributed by atoms with E-state index < -0.39 is 11.7 Å². The Bertz CT molecular complexity index is 1070. The second-order valence-corrected chi connectivity index (χ2v) is 7.31. The number of carbonyl (C=O) groups is 2. The van der Waals surface area contributed by atoms with Crippen LogP contribution in [0.4, 0.5) is 11.5 Å². The van der Waals surface area contributed by atoms with Crippen LogP contribution >= 0.6 is 0 Å². The van der Waals surface area contributed by atoms with Crippen molar-refractivity contribution in [1.29, 1.82) is 5.26 Å². The Morgan fingerprint density at radius 2 is 1.80 bits per heavy atom. The topological polar surface area (TPSA) is 99.0 Å². The Balaban J connectivity index is 1.31. The molecule has 5 rings (SSSR count). The Hall–Kier alpha value is -3.64. The van der Waals surface area contributed by atoms with Gasteiger partial charge >= 0.3 is 5.91 Å². The summed E-state index contributed by atoms with van der Waals surface area (Å²) in [4.78, 5) is 35.2. The summed E-state index contributed by atoms with van der Waals surface area (Å²) < 4.78 is 11.2. The number of pyridine rings is 1. The highest BCUT2D eigenvalue weighted by Crippen LogP contribution is 2.40. The lowest BCUT2D eigenvalue weighted by molar-refractivity contribution is -0.114. The number of nitrogens with zero attached hydrogens (tertiary/aromatic N) is 5. The van der Waals surface area contributed by atoms with Crippen LogP contribution in [0.2, 0.25) is 0 Å². The highest BCUT2D eigenvalue weighted by molar-refractivity contribution is 6.52. The van der Waals surface area contributed by atoms with E-state index in [0.717, 1.165) is 0 Å². The molecule has 0 N–H and O–H groups in total. The number of amides is 1. The Morgan fingerprint density at radius 3 is 2.53 bits per heavy atom. The summed E-state index contributed by atoms with van der Waals surface area (Å²) in [6.45, 7) is 3.89. The SMILES string of the molecule is N#Cc1cccnc1N1CCN(CN2C(=O)C(=O)c3cc4c(cc32)OCCO4)CC1. The van der Waals surface area contributed by atoms with Gasteiger partial charge in [-0.1, -0.05) is 0 Å². The molecule has 0 aliphatic carbocycles. The molecule has 0 bridgehead atoms.